The maximum absolute atomic E-state index is 10.8. The van der Waals surface area contributed by atoms with Crippen LogP contribution in [0.25, 0.3) is 0 Å². The van der Waals surface area contributed by atoms with Crippen molar-refractivity contribution in [2.45, 2.75) is 34.1 Å². The van der Waals surface area contributed by atoms with E-state index in [1.807, 2.05) is 6.08 Å². The van der Waals surface area contributed by atoms with E-state index in [9.17, 15) is 9.59 Å². The molecule has 0 aromatic heterocycles. The molecular weight excluding hydrogens is 345 g/mol. The van der Waals surface area contributed by atoms with E-state index in [2.05, 4.69) is 15.0 Å². The summed E-state index contributed by atoms with van der Waals surface area (Å²) in [4.78, 5) is 33.6. The molecule has 1 aliphatic rings. The summed E-state index contributed by atoms with van der Waals surface area (Å²) in [5, 5.41) is 0. The summed E-state index contributed by atoms with van der Waals surface area (Å²) in [6.45, 7) is 6.27. The number of aliphatic imine (C=N–C) groups is 3. The van der Waals surface area contributed by atoms with E-state index in [4.69, 9.17) is 20.2 Å². The first-order chi connectivity index (χ1) is 9.31. The van der Waals surface area contributed by atoms with Crippen molar-refractivity contribution < 1.29 is 22.7 Å². The third kappa shape index (κ3) is 7.70. The summed E-state index contributed by atoms with van der Waals surface area (Å²) in [7, 11) is 9.53. The van der Waals surface area contributed by atoms with E-state index in [0.29, 0.717) is 23.5 Å². The molecular formula is C12H15Cl2FeN3O2. The molecule has 0 aromatic carbocycles. The van der Waals surface area contributed by atoms with Gasteiger partial charge in [-0.3, -0.25) is 9.59 Å². The van der Waals surface area contributed by atoms with Gasteiger partial charge in [0.25, 0.3) is 0 Å². The zero-order valence-electron chi connectivity index (χ0n) is 11.6. The van der Waals surface area contributed by atoms with Gasteiger partial charge in [-0.25, -0.2) is 15.0 Å². The number of rotatable bonds is 2. The number of carbonyl (C=O) groups excluding carboxylic acids is 2. The topological polar surface area (TPSA) is 71.2 Å². The predicted octanol–water partition coefficient (Wildman–Crippen LogP) is 3.11. The third-order valence-corrected chi connectivity index (χ3v) is 2.18. The molecule has 0 radical (unpaired) electrons. The minimum absolute atomic E-state index is 0.194. The fourth-order valence-corrected chi connectivity index (χ4v) is 1.48. The van der Waals surface area contributed by atoms with Gasteiger partial charge < -0.3 is 0 Å². The van der Waals surface area contributed by atoms with E-state index in [0.717, 1.165) is 5.71 Å². The number of halogens is 2. The summed E-state index contributed by atoms with van der Waals surface area (Å²) in [5.41, 5.74) is 2.61. The molecule has 0 aromatic rings. The molecule has 0 bridgehead atoms. The van der Waals surface area contributed by atoms with Gasteiger partial charge >= 0.3 is 33.3 Å². The standard InChI is InChI=1S/C12H15N3O2.2ClH.Fe/c1-7(13-9(3)16)11-5-6-12(15-11)8(2)14-10(4)17;;;/h5H,6H2,1-4H3;2*1H;/q;;;+2/p-2. The van der Waals surface area contributed by atoms with Gasteiger partial charge in [0.1, 0.15) is 0 Å². The van der Waals surface area contributed by atoms with Crippen LogP contribution in [0.4, 0.5) is 0 Å². The van der Waals surface area contributed by atoms with Crippen LogP contribution in [0.1, 0.15) is 34.1 Å². The third-order valence-electron chi connectivity index (χ3n) is 2.18. The molecule has 0 N–H and O–H groups in total. The molecule has 1 aliphatic heterocycles. The Bertz CT molecular complexity index is 511. The molecule has 5 nitrogen and oxygen atoms in total. The maximum atomic E-state index is 10.8. The van der Waals surface area contributed by atoms with Crippen molar-refractivity contribution in [2.24, 2.45) is 15.0 Å². The molecule has 20 heavy (non-hydrogen) atoms. The second-order valence-electron chi connectivity index (χ2n) is 3.83. The van der Waals surface area contributed by atoms with E-state index < -0.39 is 0 Å². The van der Waals surface area contributed by atoms with Crippen LogP contribution in [-0.4, -0.2) is 28.9 Å². The first-order valence-electron chi connectivity index (χ1n) is 5.57. The summed E-state index contributed by atoms with van der Waals surface area (Å²) < 4.78 is 0. The predicted molar refractivity (Wildman–Crippen MR) is 79.4 cm³/mol. The van der Waals surface area contributed by atoms with Crippen LogP contribution in [0.15, 0.2) is 26.8 Å². The Kier molecular flexibility index (Phi) is 9.59. The molecule has 0 spiro atoms. The fourth-order valence-electron chi connectivity index (χ4n) is 1.48. The number of nitrogens with zero attached hydrogens (tertiary/aromatic N) is 3. The Morgan fingerprint density at radius 1 is 1.10 bits per heavy atom. The first-order valence-corrected chi connectivity index (χ1v) is 8.61. The van der Waals surface area contributed by atoms with Crippen LogP contribution in [-0.2, 0) is 22.7 Å². The Hall–Kier alpha value is -0.811. The Morgan fingerprint density at radius 3 is 2.00 bits per heavy atom. The molecule has 0 unspecified atom stereocenters. The Balaban J connectivity index is 0.00000110. The Morgan fingerprint density at radius 2 is 1.55 bits per heavy atom. The van der Waals surface area contributed by atoms with E-state index in [-0.39, 0.29) is 24.9 Å². The van der Waals surface area contributed by atoms with Gasteiger partial charge in [-0.2, -0.15) is 0 Å². The molecule has 0 saturated heterocycles. The molecule has 112 valence electrons. The fraction of sp³-hybridized carbons (Fsp3) is 0.417. The van der Waals surface area contributed by atoms with Crippen molar-refractivity contribution in [3.63, 3.8) is 0 Å². The molecule has 0 aliphatic carbocycles. The number of hydrogen-bond acceptors (Lipinski definition) is 3. The molecule has 0 saturated carbocycles. The van der Waals surface area contributed by atoms with Gasteiger partial charge in [-0.1, -0.05) is 6.08 Å². The van der Waals surface area contributed by atoms with Crippen LogP contribution < -0.4 is 0 Å². The average Bonchev–Trinajstić information content (AvgIpc) is 2.77. The summed E-state index contributed by atoms with van der Waals surface area (Å²) >= 11 is 0.194. The molecule has 0 atom stereocenters. The van der Waals surface area contributed by atoms with Gasteiger partial charge in [0.05, 0.1) is 22.8 Å². The quantitative estimate of drug-likeness (QED) is 0.561. The van der Waals surface area contributed by atoms with Crippen molar-refractivity contribution in [3.05, 3.63) is 11.8 Å². The summed E-state index contributed by atoms with van der Waals surface area (Å²) in [5.74, 6) is -0.492. The zero-order valence-corrected chi connectivity index (χ0v) is 14.2. The second kappa shape index (κ2) is 9.99. The number of allylic oxidation sites excluding steroid dienone is 2. The van der Waals surface area contributed by atoms with Crippen LogP contribution in [0.5, 0.6) is 0 Å². The van der Waals surface area contributed by atoms with Crippen molar-refractivity contribution in [1.82, 2.24) is 0 Å². The van der Waals surface area contributed by atoms with Crippen molar-refractivity contribution in [3.8, 4) is 0 Å². The number of carbonyl (C=O) groups is 2. The van der Waals surface area contributed by atoms with Crippen molar-refractivity contribution in [1.29, 1.82) is 0 Å². The van der Waals surface area contributed by atoms with Crippen LogP contribution >= 0.6 is 20.2 Å². The number of amides is 2. The molecule has 1 rings (SSSR count). The number of hydrogen-bond donors (Lipinski definition) is 0. The monoisotopic (exact) mass is 359 g/mol. The molecule has 1 heterocycles. The van der Waals surface area contributed by atoms with Gasteiger partial charge in [0.2, 0.25) is 11.8 Å². The minimum atomic E-state index is -0.249. The molecule has 8 heteroatoms. The SMILES string of the molecule is CC(=O)N=C(C)C1=CCC(C(C)=NC(C)=O)=N1.[Cl][Fe][Cl]. The van der Waals surface area contributed by atoms with Crippen LogP contribution in [0.3, 0.4) is 0 Å². The van der Waals surface area contributed by atoms with Gasteiger partial charge in [-0.15, -0.1) is 0 Å². The van der Waals surface area contributed by atoms with E-state index in [1.165, 1.54) is 13.8 Å². The normalized spacial score (nSPS) is 15.3. The first kappa shape index (κ1) is 19.2. The molecule has 0 fully saturated rings. The van der Waals surface area contributed by atoms with Crippen LogP contribution in [0.2, 0.25) is 0 Å². The van der Waals surface area contributed by atoms with E-state index >= 15 is 0 Å². The molecule has 2 amide bonds. The Labute approximate surface area is 132 Å². The van der Waals surface area contributed by atoms with E-state index in [1.54, 1.807) is 13.8 Å². The summed E-state index contributed by atoms with van der Waals surface area (Å²) in [6.07, 6.45) is 2.49. The van der Waals surface area contributed by atoms with Crippen molar-refractivity contribution in [2.75, 3.05) is 0 Å². The van der Waals surface area contributed by atoms with Crippen LogP contribution in [0, 0.1) is 0 Å². The van der Waals surface area contributed by atoms with Gasteiger partial charge in [0, 0.05) is 20.3 Å². The summed E-state index contributed by atoms with van der Waals surface area (Å²) in [6, 6.07) is 0. The second-order valence-corrected chi connectivity index (χ2v) is 5.66. The average molecular weight is 360 g/mol. The van der Waals surface area contributed by atoms with Crippen molar-refractivity contribution >= 4 is 49.1 Å². The van der Waals surface area contributed by atoms with Gasteiger partial charge in [0.15, 0.2) is 0 Å². The van der Waals surface area contributed by atoms with Gasteiger partial charge in [-0.05, 0) is 13.8 Å². The zero-order chi connectivity index (χ0) is 15.7.